The lowest BCUT2D eigenvalue weighted by Crippen LogP contribution is -2.26. The molecule has 9 heteroatoms. The van der Waals surface area contributed by atoms with E-state index in [1.165, 1.54) is 6.07 Å². The summed E-state index contributed by atoms with van der Waals surface area (Å²) in [5.74, 6) is -0.438. The SMILES string of the molecule is N#Cc1ccc(C(Oc2nc3ccccc3nc2Cl)C(F)(F)F)cn1. The van der Waals surface area contributed by atoms with Crippen molar-refractivity contribution in [3.63, 3.8) is 0 Å². The highest BCUT2D eigenvalue weighted by Crippen LogP contribution is 2.38. The van der Waals surface area contributed by atoms with Crippen molar-refractivity contribution < 1.29 is 17.9 Å². The number of alkyl halides is 3. The number of rotatable bonds is 3. The standard InChI is InChI=1S/C16H8ClF3N4O/c17-14-15(24-12-4-2-1-3-11(12)23-14)25-13(16(18,19)20)9-5-6-10(7-21)22-8-9/h1-6,8,13H. The van der Waals surface area contributed by atoms with Crippen LogP contribution in [0.25, 0.3) is 11.0 Å². The maximum absolute atomic E-state index is 13.4. The molecule has 0 spiro atoms. The van der Waals surface area contributed by atoms with Crippen LogP contribution in [-0.2, 0) is 0 Å². The fourth-order valence-electron chi connectivity index (χ4n) is 2.10. The first-order chi connectivity index (χ1) is 11.9. The first kappa shape index (κ1) is 16.9. The Kier molecular flexibility index (Phi) is 4.42. The number of ether oxygens (including phenoxy) is 1. The van der Waals surface area contributed by atoms with E-state index in [-0.39, 0.29) is 16.4 Å². The number of halogens is 4. The van der Waals surface area contributed by atoms with Gasteiger partial charge < -0.3 is 4.74 Å². The van der Waals surface area contributed by atoms with Gasteiger partial charge in [0.05, 0.1) is 11.0 Å². The predicted octanol–water partition coefficient (Wildman–Crippen LogP) is 4.23. The van der Waals surface area contributed by atoms with E-state index in [9.17, 15) is 13.2 Å². The summed E-state index contributed by atoms with van der Waals surface area (Å²) >= 11 is 5.91. The van der Waals surface area contributed by atoms with Crippen LogP contribution in [0.1, 0.15) is 17.4 Å². The summed E-state index contributed by atoms with van der Waals surface area (Å²) in [6, 6.07) is 10.6. The second kappa shape index (κ2) is 6.53. The molecule has 0 bridgehead atoms. The second-order valence-electron chi connectivity index (χ2n) is 4.94. The normalized spacial score (nSPS) is 12.6. The Bertz CT molecular complexity index is 954. The molecule has 0 radical (unpaired) electrons. The third-order valence-corrected chi connectivity index (χ3v) is 3.48. The molecule has 1 aromatic carbocycles. The van der Waals surface area contributed by atoms with Gasteiger partial charge in [0, 0.05) is 11.8 Å². The molecule has 2 aromatic heterocycles. The van der Waals surface area contributed by atoms with Crippen molar-refractivity contribution in [2.75, 3.05) is 0 Å². The van der Waals surface area contributed by atoms with E-state index >= 15 is 0 Å². The van der Waals surface area contributed by atoms with Gasteiger partial charge in [-0.2, -0.15) is 18.4 Å². The summed E-state index contributed by atoms with van der Waals surface area (Å²) in [6.07, 6.45) is -6.16. The topological polar surface area (TPSA) is 71.7 Å². The average molecular weight is 365 g/mol. The van der Waals surface area contributed by atoms with Gasteiger partial charge in [-0.3, -0.25) is 0 Å². The summed E-state index contributed by atoms with van der Waals surface area (Å²) in [7, 11) is 0. The molecule has 0 aliphatic rings. The maximum atomic E-state index is 13.4. The number of hydrogen-bond acceptors (Lipinski definition) is 5. The molecule has 0 fully saturated rings. The van der Waals surface area contributed by atoms with Gasteiger partial charge in [0.25, 0.3) is 5.88 Å². The number of para-hydroxylation sites is 2. The summed E-state index contributed by atoms with van der Waals surface area (Å²) < 4.78 is 45.3. The van der Waals surface area contributed by atoms with Gasteiger partial charge >= 0.3 is 6.18 Å². The fraction of sp³-hybridized carbons (Fsp3) is 0.125. The summed E-state index contributed by atoms with van der Waals surface area (Å²) in [6.45, 7) is 0. The van der Waals surface area contributed by atoms with E-state index in [4.69, 9.17) is 21.6 Å². The predicted molar refractivity (Wildman–Crippen MR) is 82.9 cm³/mol. The Balaban J connectivity index is 2.01. The molecular weight excluding hydrogens is 357 g/mol. The number of nitriles is 1. The highest BCUT2D eigenvalue weighted by Gasteiger charge is 2.44. The monoisotopic (exact) mass is 364 g/mol. The Morgan fingerprint density at radius 2 is 1.76 bits per heavy atom. The number of benzene rings is 1. The lowest BCUT2D eigenvalue weighted by Gasteiger charge is -2.21. The van der Waals surface area contributed by atoms with Crippen molar-refractivity contribution >= 4 is 22.6 Å². The van der Waals surface area contributed by atoms with Crippen molar-refractivity contribution in [1.29, 1.82) is 5.26 Å². The summed E-state index contributed by atoms with van der Waals surface area (Å²) in [4.78, 5) is 11.6. The van der Waals surface area contributed by atoms with Crippen LogP contribution in [-0.4, -0.2) is 21.1 Å². The minimum absolute atomic E-state index is 0.00629. The van der Waals surface area contributed by atoms with Crippen molar-refractivity contribution in [3.05, 3.63) is 59.0 Å². The highest BCUT2D eigenvalue weighted by atomic mass is 35.5. The third kappa shape index (κ3) is 3.61. The zero-order valence-corrected chi connectivity index (χ0v) is 13.1. The van der Waals surface area contributed by atoms with Crippen LogP contribution in [0.4, 0.5) is 13.2 Å². The lowest BCUT2D eigenvalue weighted by molar-refractivity contribution is -0.198. The smallest absolute Gasteiger partial charge is 0.429 e. The molecule has 0 saturated carbocycles. The molecule has 0 aliphatic carbocycles. The largest absolute Gasteiger partial charge is 0.457 e. The van der Waals surface area contributed by atoms with Crippen LogP contribution < -0.4 is 4.74 Å². The molecule has 3 aromatic rings. The number of aromatic nitrogens is 3. The average Bonchev–Trinajstić information content (AvgIpc) is 2.59. The lowest BCUT2D eigenvalue weighted by atomic mass is 10.1. The first-order valence-electron chi connectivity index (χ1n) is 6.90. The van der Waals surface area contributed by atoms with Gasteiger partial charge in [-0.05, 0) is 18.2 Å². The highest BCUT2D eigenvalue weighted by molar-refractivity contribution is 6.31. The minimum atomic E-state index is -4.74. The molecule has 5 nitrogen and oxygen atoms in total. The number of fused-ring (bicyclic) bond motifs is 1. The van der Waals surface area contributed by atoms with Crippen molar-refractivity contribution in [2.45, 2.75) is 12.3 Å². The molecule has 126 valence electrons. The Morgan fingerprint density at radius 1 is 1.08 bits per heavy atom. The number of nitrogens with zero attached hydrogens (tertiary/aromatic N) is 4. The van der Waals surface area contributed by atoms with E-state index in [1.54, 1.807) is 30.3 Å². The van der Waals surface area contributed by atoms with Crippen molar-refractivity contribution in [1.82, 2.24) is 15.0 Å². The molecule has 0 amide bonds. The van der Waals surface area contributed by atoms with Crippen LogP contribution in [0.3, 0.4) is 0 Å². The molecule has 1 unspecified atom stereocenters. The molecular formula is C16H8ClF3N4O. The van der Waals surface area contributed by atoms with E-state index in [2.05, 4.69) is 15.0 Å². The molecule has 0 aliphatic heterocycles. The maximum Gasteiger partial charge on any atom is 0.429 e. The third-order valence-electron chi connectivity index (χ3n) is 3.23. The van der Waals surface area contributed by atoms with Gasteiger partial charge in [0.1, 0.15) is 11.8 Å². The minimum Gasteiger partial charge on any atom is -0.457 e. The summed E-state index contributed by atoms with van der Waals surface area (Å²) in [5, 5.41) is 8.41. The van der Waals surface area contributed by atoms with Gasteiger partial charge in [-0.1, -0.05) is 29.8 Å². The Hall–Kier alpha value is -2.92. The van der Waals surface area contributed by atoms with Crippen LogP contribution >= 0.6 is 11.6 Å². The van der Waals surface area contributed by atoms with E-state index in [0.717, 1.165) is 12.3 Å². The van der Waals surface area contributed by atoms with Crippen molar-refractivity contribution in [3.8, 4) is 11.9 Å². The zero-order chi connectivity index (χ0) is 18.0. The van der Waals surface area contributed by atoms with Crippen LogP contribution in [0, 0.1) is 11.3 Å². The molecule has 2 heterocycles. The zero-order valence-electron chi connectivity index (χ0n) is 12.3. The number of pyridine rings is 1. The molecule has 3 rings (SSSR count). The molecule has 25 heavy (non-hydrogen) atoms. The van der Waals surface area contributed by atoms with E-state index in [0.29, 0.717) is 11.0 Å². The van der Waals surface area contributed by atoms with E-state index in [1.807, 2.05) is 0 Å². The molecule has 0 saturated heterocycles. The first-order valence-corrected chi connectivity index (χ1v) is 7.28. The van der Waals surface area contributed by atoms with Crippen LogP contribution in [0.2, 0.25) is 5.15 Å². The van der Waals surface area contributed by atoms with Crippen molar-refractivity contribution in [2.24, 2.45) is 0 Å². The Labute approximate surface area is 144 Å². The van der Waals surface area contributed by atoms with Crippen LogP contribution in [0.15, 0.2) is 42.6 Å². The van der Waals surface area contributed by atoms with Gasteiger partial charge in [0.2, 0.25) is 6.10 Å². The number of hydrogen-bond donors (Lipinski definition) is 0. The van der Waals surface area contributed by atoms with Gasteiger partial charge in [0.15, 0.2) is 5.15 Å². The Morgan fingerprint density at radius 3 is 2.32 bits per heavy atom. The van der Waals surface area contributed by atoms with Gasteiger partial charge in [-0.15, -0.1) is 0 Å². The van der Waals surface area contributed by atoms with Gasteiger partial charge in [-0.25, -0.2) is 15.0 Å². The summed E-state index contributed by atoms with van der Waals surface area (Å²) in [5.41, 5.74) is 0.495. The van der Waals surface area contributed by atoms with Crippen LogP contribution in [0.5, 0.6) is 5.88 Å². The molecule has 0 N–H and O–H groups in total. The second-order valence-corrected chi connectivity index (χ2v) is 5.29. The quantitative estimate of drug-likeness (QED) is 0.695. The van der Waals surface area contributed by atoms with E-state index < -0.39 is 18.2 Å². The fourth-order valence-corrected chi connectivity index (χ4v) is 2.28. The molecule has 1 atom stereocenters.